The van der Waals surface area contributed by atoms with Gasteiger partial charge in [-0.15, -0.1) is 0 Å². The van der Waals surface area contributed by atoms with Gasteiger partial charge in [0.15, 0.2) is 0 Å². The van der Waals surface area contributed by atoms with Gasteiger partial charge in [-0.1, -0.05) is 12.1 Å². The Labute approximate surface area is 121 Å². The van der Waals surface area contributed by atoms with Gasteiger partial charge in [0, 0.05) is 21.9 Å². The standard InChI is InChI=1S/C14H15IN2O/c1-10(16)7-11-5-6-14(17-9-11)18-13-4-2-3-12(15)8-13/h2-6,8-10H,7,16H2,1H3. The zero-order valence-electron chi connectivity index (χ0n) is 10.1. The van der Waals surface area contributed by atoms with Crippen LogP contribution in [0.2, 0.25) is 0 Å². The lowest BCUT2D eigenvalue weighted by molar-refractivity contribution is 0.462. The number of pyridine rings is 1. The molecule has 1 aromatic heterocycles. The topological polar surface area (TPSA) is 48.1 Å². The van der Waals surface area contributed by atoms with Crippen LogP contribution in [0.15, 0.2) is 42.6 Å². The van der Waals surface area contributed by atoms with Gasteiger partial charge in [-0.3, -0.25) is 0 Å². The van der Waals surface area contributed by atoms with Crippen molar-refractivity contribution in [2.24, 2.45) is 5.73 Å². The van der Waals surface area contributed by atoms with Gasteiger partial charge in [0.1, 0.15) is 5.75 Å². The molecule has 0 fully saturated rings. The number of nitrogens with zero attached hydrogens (tertiary/aromatic N) is 1. The number of ether oxygens (including phenoxy) is 1. The summed E-state index contributed by atoms with van der Waals surface area (Å²) in [5.74, 6) is 1.40. The minimum absolute atomic E-state index is 0.147. The van der Waals surface area contributed by atoms with E-state index in [1.807, 2.05) is 49.5 Å². The molecule has 1 atom stereocenters. The number of nitrogens with two attached hydrogens (primary N) is 1. The van der Waals surface area contributed by atoms with Crippen molar-refractivity contribution in [2.75, 3.05) is 0 Å². The Balaban J connectivity index is 2.06. The van der Waals surface area contributed by atoms with Crippen molar-refractivity contribution in [1.29, 1.82) is 0 Å². The van der Waals surface area contributed by atoms with Crippen LogP contribution in [0, 0.1) is 3.57 Å². The Bertz CT molecular complexity index is 511. The lowest BCUT2D eigenvalue weighted by Crippen LogP contribution is -2.17. The van der Waals surface area contributed by atoms with Gasteiger partial charge in [0.05, 0.1) is 0 Å². The summed E-state index contributed by atoms with van der Waals surface area (Å²) in [6.07, 6.45) is 2.64. The molecule has 0 saturated carbocycles. The van der Waals surface area contributed by atoms with E-state index < -0.39 is 0 Å². The Morgan fingerprint density at radius 1 is 1.33 bits per heavy atom. The van der Waals surface area contributed by atoms with Crippen molar-refractivity contribution in [3.05, 3.63) is 51.7 Å². The van der Waals surface area contributed by atoms with Crippen LogP contribution >= 0.6 is 22.6 Å². The quantitative estimate of drug-likeness (QED) is 0.857. The minimum atomic E-state index is 0.147. The van der Waals surface area contributed by atoms with E-state index in [4.69, 9.17) is 10.5 Å². The maximum absolute atomic E-state index is 5.74. The molecule has 2 N–H and O–H groups in total. The fourth-order valence-electron chi connectivity index (χ4n) is 1.62. The Morgan fingerprint density at radius 2 is 2.17 bits per heavy atom. The van der Waals surface area contributed by atoms with E-state index in [9.17, 15) is 0 Å². The number of benzene rings is 1. The molecule has 2 rings (SSSR count). The fourth-order valence-corrected chi connectivity index (χ4v) is 2.13. The third-order valence-corrected chi connectivity index (χ3v) is 3.04. The first kappa shape index (κ1) is 13.3. The molecule has 1 heterocycles. The van der Waals surface area contributed by atoms with Crippen molar-refractivity contribution in [1.82, 2.24) is 4.98 Å². The number of hydrogen-bond acceptors (Lipinski definition) is 3. The van der Waals surface area contributed by atoms with Gasteiger partial charge in [-0.05, 0) is 59.7 Å². The van der Waals surface area contributed by atoms with Gasteiger partial charge in [0.2, 0.25) is 5.88 Å². The first-order valence-corrected chi connectivity index (χ1v) is 6.85. The fraction of sp³-hybridized carbons (Fsp3) is 0.214. The molecule has 3 nitrogen and oxygen atoms in total. The highest BCUT2D eigenvalue weighted by atomic mass is 127. The molecular formula is C14H15IN2O. The highest BCUT2D eigenvalue weighted by Crippen LogP contribution is 2.21. The summed E-state index contributed by atoms with van der Waals surface area (Å²) in [5.41, 5.74) is 6.87. The third-order valence-electron chi connectivity index (χ3n) is 2.37. The van der Waals surface area contributed by atoms with Crippen LogP contribution in [-0.4, -0.2) is 11.0 Å². The average Bonchev–Trinajstić information content (AvgIpc) is 2.31. The summed E-state index contributed by atoms with van der Waals surface area (Å²) in [4.78, 5) is 4.28. The molecule has 94 valence electrons. The van der Waals surface area contributed by atoms with Gasteiger partial charge >= 0.3 is 0 Å². The first-order valence-electron chi connectivity index (χ1n) is 5.77. The largest absolute Gasteiger partial charge is 0.439 e. The molecular weight excluding hydrogens is 339 g/mol. The molecule has 0 saturated heterocycles. The molecule has 4 heteroatoms. The van der Waals surface area contributed by atoms with Crippen molar-refractivity contribution in [2.45, 2.75) is 19.4 Å². The summed E-state index contributed by atoms with van der Waals surface area (Å²) in [6.45, 7) is 1.98. The molecule has 1 aromatic carbocycles. The van der Waals surface area contributed by atoms with Crippen LogP contribution in [-0.2, 0) is 6.42 Å². The summed E-state index contributed by atoms with van der Waals surface area (Å²) >= 11 is 2.25. The maximum atomic E-state index is 5.74. The Hall–Kier alpha value is -1.14. The van der Waals surface area contributed by atoms with E-state index in [0.29, 0.717) is 5.88 Å². The summed E-state index contributed by atoms with van der Waals surface area (Å²) < 4.78 is 6.81. The van der Waals surface area contributed by atoms with Crippen molar-refractivity contribution >= 4 is 22.6 Å². The number of rotatable bonds is 4. The Kier molecular flexibility index (Phi) is 4.54. The van der Waals surface area contributed by atoms with Gasteiger partial charge < -0.3 is 10.5 Å². The molecule has 0 amide bonds. The van der Waals surface area contributed by atoms with Gasteiger partial charge in [-0.2, -0.15) is 0 Å². The second-order valence-electron chi connectivity index (χ2n) is 4.25. The van der Waals surface area contributed by atoms with E-state index in [2.05, 4.69) is 27.6 Å². The number of halogens is 1. The van der Waals surface area contributed by atoms with Crippen molar-refractivity contribution in [3.8, 4) is 11.6 Å². The molecule has 0 aliphatic heterocycles. The van der Waals surface area contributed by atoms with E-state index in [0.717, 1.165) is 21.3 Å². The van der Waals surface area contributed by atoms with Crippen molar-refractivity contribution in [3.63, 3.8) is 0 Å². The SMILES string of the molecule is CC(N)Cc1ccc(Oc2cccc(I)c2)nc1. The maximum Gasteiger partial charge on any atom is 0.219 e. The van der Waals surface area contributed by atoms with Crippen LogP contribution in [0.3, 0.4) is 0 Å². The highest BCUT2D eigenvalue weighted by molar-refractivity contribution is 14.1. The first-order chi connectivity index (χ1) is 8.63. The van der Waals surface area contributed by atoms with Crippen LogP contribution < -0.4 is 10.5 Å². The van der Waals surface area contributed by atoms with Crippen LogP contribution in [0.25, 0.3) is 0 Å². The molecule has 18 heavy (non-hydrogen) atoms. The van der Waals surface area contributed by atoms with Gasteiger partial charge in [0.25, 0.3) is 0 Å². The zero-order chi connectivity index (χ0) is 13.0. The minimum Gasteiger partial charge on any atom is -0.439 e. The van der Waals surface area contributed by atoms with E-state index in [1.165, 1.54) is 0 Å². The van der Waals surface area contributed by atoms with Crippen LogP contribution in [0.1, 0.15) is 12.5 Å². The normalized spacial score (nSPS) is 12.2. The lowest BCUT2D eigenvalue weighted by Gasteiger charge is -2.07. The number of hydrogen-bond donors (Lipinski definition) is 1. The highest BCUT2D eigenvalue weighted by Gasteiger charge is 2.01. The molecule has 0 radical (unpaired) electrons. The predicted octanol–water partition coefficient (Wildman–Crippen LogP) is 3.37. The summed E-state index contributed by atoms with van der Waals surface area (Å²) in [7, 11) is 0. The van der Waals surface area contributed by atoms with Crippen LogP contribution in [0.4, 0.5) is 0 Å². The number of aromatic nitrogens is 1. The van der Waals surface area contributed by atoms with E-state index in [1.54, 1.807) is 0 Å². The lowest BCUT2D eigenvalue weighted by atomic mass is 10.1. The van der Waals surface area contributed by atoms with Gasteiger partial charge in [-0.25, -0.2) is 4.98 Å². The molecule has 0 aliphatic rings. The molecule has 0 bridgehead atoms. The molecule has 2 aromatic rings. The van der Waals surface area contributed by atoms with Crippen LogP contribution in [0.5, 0.6) is 11.6 Å². The molecule has 0 aliphatic carbocycles. The zero-order valence-corrected chi connectivity index (χ0v) is 12.3. The summed E-state index contributed by atoms with van der Waals surface area (Å²) in [5, 5.41) is 0. The second-order valence-corrected chi connectivity index (χ2v) is 5.49. The monoisotopic (exact) mass is 354 g/mol. The van der Waals surface area contributed by atoms with Crippen molar-refractivity contribution < 1.29 is 4.74 Å². The smallest absolute Gasteiger partial charge is 0.219 e. The average molecular weight is 354 g/mol. The Morgan fingerprint density at radius 3 is 2.78 bits per heavy atom. The predicted molar refractivity (Wildman–Crippen MR) is 80.8 cm³/mol. The molecule has 0 spiro atoms. The van der Waals surface area contributed by atoms with E-state index >= 15 is 0 Å². The van der Waals surface area contributed by atoms with E-state index in [-0.39, 0.29) is 6.04 Å². The third kappa shape index (κ3) is 3.96. The molecule has 1 unspecified atom stereocenters. The summed E-state index contributed by atoms with van der Waals surface area (Å²) in [6, 6.07) is 11.9. The second kappa shape index (κ2) is 6.15.